The van der Waals surface area contributed by atoms with Gasteiger partial charge in [0.15, 0.2) is 0 Å². The van der Waals surface area contributed by atoms with E-state index in [1.807, 2.05) is 0 Å². The summed E-state index contributed by atoms with van der Waals surface area (Å²) in [5.41, 5.74) is 8.00. The largest absolute Gasteiger partial charge is 0.305 e. The topological polar surface area (TPSA) is 84.0 Å². The molecule has 0 aromatic carbocycles. The van der Waals surface area contributed by atoms with Crippen molar-refractivity contribution in [1.29, 1.82) is 0 Å². The third-order valence-corrected chi connectivity index (χ3v) is 1.83. The highest BCUT2D eigenvalue weighted by Gasteiger charge is 1.90. The lowest BCUT2D eigenvalue weighted by atomic mass is 10.1. The summed E-state index contributed by atoms with van der Waals surface area (Å²) in [6.07, 6.45) is 6.75. The molecule has 0 saturated carbocycles. The highest BCUT2D eigenvalue weighted by Crippen LogP contribution is 2.05. The van der Waals surface area contributed by atoms with Crippen molar-refractivity contribution in [3.05, 3.63) is 10.4 Å². The molecule has 0 spiro atoms. The molecular formula is C8H18N4O. The second kappa shape index (κ2) is 11.2. The molecule has 5 heteroatoms. The average molecular weight is 186 g/mol. The van der Waals surface area contributed by atoms with E-state index in [1.165, 1.54) is 19.3 Å². The molecule has 0 aromatic rings. The van der Waals surface area contributed by atoms with Crippen molar-refractivity contribution in [2.45, 2.75) is 38.5 Å². The van der Waals surface area contributed by atoms with Crippen molar-refractivity contribution in [2.75, 3.05) is 13.2 Å². The molecule has 0 radical (unpaired) electrons. The normalized spacial score (nSPS) is 9.62. The fraction of sp³-hybridized carbons (Fsp3) is 1.00. The summed E-state index contributed by atoms with van der Waals surface area (Å²) in [4.78, 5) is 7.13. The maximum Gasteiger partial charge on any atom is 0.0679 e. The Morgan fingerprint density at radius 1 is 1.08 bits per heavy atom. The van der Waals surface area contributed by atoms with E-state index in [9.17, 15) is 0 Å². The van der Waals surface area contributed by atoms with Gasteiger partial charge in [-0.1, -0.05) is 30.8 Å². The molecule has 76 valence electrons. The lowest BCUT2D eigenvalue weighted by Gasteiger charge is -1.99. The van der Waals surface area contributed by atoms with Crippen LogP contribution in [0.2, 0.25) is 0 Å². The van der Waals surface area contributed by atoms with Gasteiger partial charge in [0.1, 0.15) is 0 Å². The van der Waals surface area contributed by atoms with Gasteiger partial charge in [0.05, 0.1) is 6.61 Å². The highest BCUT2D eigenvalue weighted by molar-refractivity contribution is 4.49. The predicted molar refractivity (Wildman–Crippen MR) is 51.9 cm³/mol. The molecular weight excluding hydrogens is 168 g/mol. The van der Waals surface area contributed by atoms with Crippen molar-refractivity contribution in [3.63, 3.8) is 0 Å². The van der Waals surface area contributed by atoms with Gasteiger partial charge in [-0.15, -0.1) is 0 Å². The van der Waals surface area contributed by atoms with Gasteiger partial charge < -0.3 is 4.84 Å². The van der Waals surface area contributed by atoms with Crippen LogP contribution >= 0.6 is 0 Å². The second-order valence-electron chi connectivity index (χ2n) is 2.95. The van der Waals surface area contributed by atoms with E-state index in [0.29, 0.717) is 13.2 Å². The van der Waals surface area contributed by atoms with Gasteiger partial charge in [-0.25, -0.2) is 5.90 Å². The van der Waals surface area contributed by atoms with E-state index in [4.69, 9.17) is 11.4 Å². The molecule has 0 aliphatic carbocycles. The fourth-order valence-corrected chi connectivity index (χ4v) is 1.12. The first-order valence-corrected chi connectivity index (χ1v) is 4.74. The van der Waals surface area contributed by atoms with Crippen molar-refractivity contribution in [2.24, 2.45) is 11.0 Å². The monoisotopic (exact) mass is 186 g/mol. The number of hydrogen-bond acceptors (Lipinski definition) is 3. The van der Waals surface area contributed by atoms with E-state index in [2.05, 4.69) is 14.9 Å². The van der Waals surface area contributed by atoms with Crippen molar-refractivity contribution >= 4 is 0 Å². The quantitative estimate of drug-likeness (QED) is 0.197. The molecule has 0 fully saturated rings. The minimum Gasteiger partial charge on any atom is -0.305 e. The Morgan fingerprint density at radius 2 is 1.69 bits per heavy atom. The Labute approximate surface area is 78.8 Å². The summed E-state index contributed by atoms with van der Waals surface area (Å²) in [7, 11) is 0. The fourth-order valence-electron chi connectivity index (χ4n) is 1.12. The number of unbranched alkanes of at least 4 members (excludes halogenated alkanes) is 5. The van der Waals surface area contributed by atoms with Gasteiger partial charge >= 0.3 is 0 Å². The van der Waals surface area contributed by atoms with Crippen LogP contribution in [0.1, 0.15) is 38.5 Å². The van der Waals surface area contributed by atoms with Crippen LogP contribution in [0.25, 0.3) is 10.4 Å². The van der Waals surface area contributed by atoms with E-state index in [0.717, 1.165) is 19.3 Å². The Balaban J connectivity index is 2.87. The number of azide groups is 1. The molecule has 0 heterocycles. The maximum absolute atomic E-state index is 8.00. The molecule has 0 aliphatic heterocycles. The number of nitrogens with zero attached hydrogens (tertiary/aromatic N) is 3. The molecule has 0 amide bonds. The zero-order valence-corrected chi connectivity index (χ0v) is 7.98. The molecule has 2 N–H and O–H groups in total. The first kappa shape index (κ1) is 12.2. The Bertz CT molecular complexity index is 145. The summed E-state index contributed by atoms with van der Waals surface area (Å²) in [6.45, 7) is 1.28. The van der Waals surface area contributed by atoms with E-state index in [1.54, 1.807) is 0 Å². The van der Waals surface area contributed by atoms with Crippen LogP contribution in [0.3, 0.4) is 0 Å². The van der Waals surface area contributed by atoms with Crippen LogP contribution in [0.15, 0.2) is 5.11 Å². The minimum absolute atomic E-state index is 0.627. The van der Waals surface area contributed by atoms with Crippen molar-refractivity contribution in [3.8, 4) is 0 Å². The minimum atomic E-state index is 0.627. The molecule has 0 bridgehead atoms. The van der Waals surface area contributed by atoms with E-state index in [-0.39, 0.29) is 0 Å². The summed E-state index contributed by atoms with van der Waals surface area (Å²) in [5.74, 6) is 4.88. The molecule has 0 rings (SSSR count). The zero-order chi connectivity index (χ0) is 9.78. The van der Waals surface area contributed by atoms with Crippen molar-refractivity contribution in [1.82, 2.24) is 0 Å². The standard InChI is InChI=1S/C8H18N4O/c9-12-11-7-5-3-1-2-4-6-8-13-10/h1-8,10H2. The number of hydrogen-bond donors (Lipinski definition) is 1. The lowest BCUT2D eigenvalue weighted by molar-refractivity contribution is 0.133. The van der Waals surface area contributed by atoms with Gasteiger partial charge in [-0.2, -0.15) is 0 Å². The van der Waals surface area contributed by atoms with E-state index < -0.39 is 0 Å². The smallest absolute Gasteiger partial charge is 0.0679 e. The van der Waals surface area contributed by atoms with Crippen LogP contribution in [-0.4, -0.2) is 13.2 Å². The van der Waals surface area contributed by atoms with Gasteiger partial charge in [0, 0.05) is 11.5 Å². The molecule has 0 saturated heterocycles. The first-order chi connectivity index (χ1) is 6.41. The van der Waals surface area contributed by atoms with Crippen LogP contribution in [0.5, 0.6) is 0 Å². The average Bonchev–Trinajstić information content (AvgIpc) is 2.16. The Kier molecular flexibility index (Phi) is 10.6. The van der Waals surface area contributed by atoms with Crippen molar-refractivity contribution < 1.29 is 4.84 Å². The van der Waals surface area contributed by atoms with Gasteiger partial charge in [-0.3, -0.25) is 0 Å². The summed E-state index contributed by atoms with van der Waals surface area (Å²) in [6, 6.07) is 0. The third kappa shape index (κ3) is 11.2. The third-order valence-electron chi connectivity index (χ3n) is 1.83. The highest BCUT2D eigenvalue weighted by atomic mass is 16.6. The van der Waals surface area contributed by atoms with Crippen LogP contribution < -0.4 is 5.90 Å². The van der Waals surface area contributed by atoms with Crippen LogP contribution in [0, 0.1) is 0 Å². The van der Waals surface area contributed by atoms with Crippen LogP contribution in [0.4, 0.5) is 0 Å². The number of rotatable bonds is 9. The lowest BCUT2D eigenvalue weighted by Crippen LogP contribution is -2.00. The summed E-state index contributed by atoms with van der Waals surface area (Å²) in [5, 5.41) is 3.46. The van der Waals surface area contributed by atoms with Gasteiger partial charge in [0.2, 0.25) is 0 Å². The molecule has 0 atom stereocenters. The summed E-state index contributed by atoms with van der Waals surface area (Å²) >= 11 is 0. The van der Waals surface area contributed by atoms with E-state index >= 15 is 0 Å². The van der Waals surface area contributed by atoms with Crippen LogP contribution in [-0.2, 0) is 4.84 Å². The Hall–Kier alpha value is -0.770. The second-order valence-corrected chi connectivity index (χ2v) is 2.95. The molecule has 13 heavy (non-hydrogen) atoms. The molecule has 5 nitrogen and oxygen atoms in total. The van der Waals surface area contributed by atoms with Gasteiger partial charge in [-0.05, 0) is 18.4 Å². The summed E-state index contributed by atoms with van der Waals surface area (Å²) < 4.78 is 0. The SMILES string of the molecule is [N-]=[N+]=NCCCCCCCCON. The molecule has 0 aliphatic rings. The molecule has 0 unspecified atom stereocenters. The molecule has 0 aromatic heterocycles. The maximum atomic E-state index is 8.00. The zero-order valence-electron chi connectivity index (χ0n) is 7.98. The number of nitrogens with two attached hydrogens (primary N) is 1. The van der Waals surface area contributed by atoms with Gasteiger partial charge in [0.25, 0.3) is 0 Å². The predicted octanol–water partition coefficient (Wildman–Crippen LogP) is 2.53. The first-order valence-electron chi connectivity index (χ1n) is 4.74. The Morgan fingerprint density at radius 3 is 2.31 bits per heavy atom.